The van der Waals surface area contributed by atoms with Crippen LogP contribution < -0.4 is 9.47 Å². The zero-order valence-electron chi connectivity index (χ0n) is 11.4. The molecule has 0 spiro atoms. The van der Waals surface area contributed by atoms with Gasteiger partial charge >= 0.3 is 5.97 Å². The molecule has 0 saturated carbocycles. The fourth-order valence-corrected chi connectivity index (χ4v) is 1.47. The summed E-state index contributed by atoms with van der Waals surface area (Å²) >= 11 is 0. The lowest BCUT2D eigenvalue weighted by molar-refractivity contribution is 0.0372. The van der Waals surface area contributed by atoms with Gasteiger partial charge < -0.3 is 14.2 Å². The van der Waals surface area contributed by atoms with Gasteiger partial charge in [0.1, 0.15) is 5.56 Å². The van der Waals surface area contributed by atoms with Crippen LogP contribution in [0, 0.1) is 0 Å². The molecule has 1 rings (SSSR count). The molecule has 0 N–H and O–H groups in total. The highest BCUT2D eigenvalue weighted by Crippen LogP contribution is 2.31. The second-order valence-electron chi connectivity index (χ2n) is 4.14. The summed E-state index contributed by atoms with van der Waals surface area (Å²) in [5.74, 6) is 0.601. The molecule has 1 aromatic rings. The van der Waals surface area contributed by atoms with Crippen molar-refractivity contribution in [2.24, 2.45) is 0 Å². The summed E-state index contributed by atoms with van der Waals surface area (Å²) in [5.41, 5.74) is 0.400. The molecule has 0 aliphatic rings. The lowest BCUT2D eigenvalue weighted by Gasteiger charge is -2.15. The van der Waals surface area contributed by atoms with E-state index in [0.717, 1.165) is 6.42 Å². The second kappa shape index (κ2) is 6.89. The molecule has 0 atom stereocenters. The Morgan fingerprint density at radius 3 is 2.61 bits per heavy atom. The number of rotatable bonds is 6. The van der Waals surface area contributed by atoms with Gasteiger partial charge in [-0.2, -0.15) is 0 Å². The summed E-state index contributed by atoms with van der Waals surface area (Å²) < 4.78 is 16.0. The molecule has 0 heterocycles. The third-order valence-electron chi connectivity index (χ3n) is 2.21. The number of benzene rings is 1. The minimum Gasteiger partial charge on any atom is -0.493 e. The number of carbonyl (C=O) groups excluding carboxylic acids is 1. The van der Waals surface area contributed by atoms with Gasteiger partial charge in [0.05, 0.1) is 19.8 Å². The van der Waals surface area contributed by atoms with Crippen LogP contribution in [0.3, 0.4) is 0 Å². The smallest absolute Gasteiger partial charge is 0.342 e. The Kier molecular flexibility index (Phi) is 5.49. The van der Waals surface area contributed by atoms with Gasteiger partial charge in [0.25, 0.3) is 0 Å². The minimum absolute atomic E-state index is 0.164. The van der Waals surface area contributed by atoms with E-state index in [-0.39, 0.29) is 6.10 Å². The highest BCUT2D eigenvalue weighted by atomic mass is 16.5. The van der Waals surface area contributed by atoms with Crippen molar-refractivity contribution in [3.63, 3.8) is 0 Å². The van der Waals surface area contributed by atoms with Crippen molar-refractivity contribution < 1.29 is 19.0 Å². The fraction of sp³-hybridized carbons (Fsp3) is 0.500. The predicted octanol–water partition coefficient (Wildman–Crippen LogP) is 3.05. The Morgan fingerprint density at radius 2 is 2.06 bits per heavy atom. The molecule has 0 aliphatic heterocycles. The Balaban J connectivity index is 3.04. The molecule has 1 aromatic carbocycles. The molecule has 0 aromatic heterocycles. The van der Waals surface area contributed by atoms with Gasteiger partial charge in [-0.05, 0) is 32.4 Å². The molecule has 0 saturated heterocycles. The first-order valence-corrected chi connectivity index (χ1v) is 6.10. The van der Waals surface area contributed by atoms with E-state index in [9.17, 15) is 4.79 Å². The maximum Gasteiger partial charge on any atom is 0.342 e. The monoisotopic (exact) mass is 252 g/mol. The van der Waals surface area contributed by atoms with E-state index in [1.165, 1.54) is 0 Å². The van der Waals surface area contributed by atoms with Crippen molar-refractivity contribution in [3.05, 3.63) is 23.8 Å². The number of hydrogen-bond donors (Lipinski definition) is 0. The van der Waals surface area contributed by atoms with Crippen molar-refractivity contribution in [3.8, 4) is 11.5 Å². The zero-order valence-corrected chi connectivity index (χ0v) is 11.4. The van der Waals surface area contributed by atoms with E-state index < -0.39 is 5.97 Å². The summed E-state index contributed by atoms with van der Waals surface area (Å²) in [7, 11) is 1.55. The van der Waals surface area contributed by atoms with Crippen molar-refractivity contribution in [1.82, 2.24) is 0 Å². The van der Waals surface area contributed by atoms with Gasteiger partial charge in [0.15, 0.2) is 11.5 Å². The summed E-state index contributed by atoms with van der Waals surface area (Å²) in [4.78, 5) is 11.9. The van der Waals surface area contributed by atoms with E-state index in [2.05, 4.69) is 0 Å². The van der Waals surface area contributed by atoms with Crippen LogP contribution in [0.2, 0.25) is 0 Å². The molecule has 18 heavy (non-hydrogen) atoms. The Labute approximate surface area is 108 Å². The van der Waals surface area contributed by atoms with Crippen LogP contribution in [0.4, 0.5) is 0 Å². The molecule has 0 unspecified atom stereocenters. The molecule has 4 heteroatoms. The van der Waals surface area contributed by atoms with Crippen LogP contribution >= 0.6 is 0 Å². The average Bonchev–Trinajstić information content (AvgIpc) is 2.34. The van der Waals surface area contributed by atoms with E-state index >= 15 is 0 Å². The maximum absolute atomic E-state index is 11.9. The Bertz CT molecular complexity index is 399. The normalized spacial score (nSPS) is 10.3. The first-order chi connectivity index (χ1) is 8.60. The van der Waals surface area contributed by atoms with Crippen molar-refractivity contribution >= 4 is 5.97 Å². The van der Waals surface area contributed by atoms with Gasteiger partial charge in [-0.15, -0.1) is 0 Å². The van der Waals surface area contributed by atoms with Gasteiger partial charge in [0, 0.05) is 0 Å². The van der Waals surface area contributed by atoms with Gasteiger partial charge in [-0.1, -0.05) is 13.0 Å². The average molecular weight is 252 g/mol. The van der Waals surface area contributed by atoms with E-state index in [4.69, 9.17) is 14.2 Å². The lowest BCUT2D eigenvalue weighted by atomic mass is 10.2. The number of carbonyl (C=O) groups is 1. The number of para-hydroxylation sites is 1. The zero-order chi connectivity index (χ0) is 13.5. The molecule has 100 valence electrons. The highest BCUT2D eigenvalue weighted by Gasteiger charge is 2.19. The van der Waals surface area contributed by atoms with Gasteiger partial charge in [0.2, 0.25) is 0 Å². The third kappa shape index (κ3) is 3.65. The van der Waals surface area contributed by atoms with Crippen LogP contribution in [-0.2, 0) is 4.74 Å². The lowest BCUT2D eigenvalue weighted by Crippen LogP contribution is -2.13. The van der Waals surface area contributed by atoms with Crippen LogP contribution in [0.1, 0.15) is 37.6 Å². The largest absolute Gasteiger partial charge is 0.493 e. The topological polar surface area (TPSA) is 44.8 Å². The molecule has 0 bridgehead atoms. The van der Waals surface area contributed by atoms with Crippen LogP contribution in [-0.4, -0.2) is 25.8 Å². The SMILES string of the molecule is CCCOc1c(OC)cccc1C(=O)OC(C)C. The number of hydrogen-bond acceptors (Lipinski definition) is 4. The van der Waals surface area contributed by atoms with Crippen LogP contribution in [0.25, 0.3) is 0 Å². The van der Waals surface area contributed by atoms with E-state index in [1.54, 1.807) is 25.3 Å². The number of ether oxygens (including phenoxy) is 3. The summed E-state index contributed by atoms with van der Waals surface area (Å²) in [6.45, 7) is 6.15. The Hall–Kier alpha value is -1.71. The number of esters is 1. The third-order valence-corrected chi connectivity index (χ3v) is 2.21. The Morgan fingerprint density at radius 1 is 1.33 bits per heavy atom. The van der Waals surface area contributed by atoms with E-state index in [1.807, 2.05) is 20.8 Å². The number of methoxy groups -OCH3 is 1. The van der Waals surface area contributed by atoms with Crippen molar-refractivity contribution in [2.45, 2.75) is 33.3 Å². The quantitative estimate of drug-likeness (QED) is 0.730. The van der Waals surface area contributed by atoms with Crippen molar-refractivity contribution in [1.29, 1.82) is 0 Å². The van der Waals surface area contributed by atoms with Crippen molar-refractivity contribution in [2.75, 3.05) is 13.7 Å². The molecular formula is C14H20O4. The first-order valence-electron chi connectivity index (χ1n) is 6.10. The molecular weight excluding hydrogens is 232 g/mol. The fourth-order valence-electron chi connectivity index (χ4n) is 1.47. The minimum atomic E-state index is -0.394. The van der Waals surface area contributed by atoms with E-state index in [0.29, 0.717) is 23.7 Å². The van der Waals surface area contributed by atoms with Crippen LogP contribution in [0.15, 0.2) is 18.2 Å². The standard InChI is InChI=1S/C14H20O4/c1-5-9-17-13-11(14(15)18-10(2)3)7-6-8-12(13)16-4/h6-8,10H,5,9H2,1-4H3. The predicted molar refractivity (Wildman–Crippen MR) is 69.3 cm³/mol. The highest BCUT2D eigenvalue weighted by molar-refractivity contribution is 5.93. The second-order valence-corrected chi connectivity index (χ2v) is 4.14. The van der Waals surface area contributed by atoms with Gasteiger partial charge in [-0.25, -0.2) is 4.79 Å². The summed E-state index contributed by atoms with van der Waals surface area (Å²) in [5, 5.41) is 0. The van der Waals surface area contributed by atoms with Crippen LogP contribution in [0.5, 0.6) is 11.5 Å². The van der Waals surface area contributed by atoms with Gasteiger partial charge in [-0.3, -0.25) is 0 Å². The molecule has 4 nitrogen and oxygen atoms in total. The molecule has 0 aliphatic carbocycles. The molecule has 0 amide bonds. The maximum atomic E-state index is 11.9. The first kappa shape index (κ1) is 14.4. The summed E-state index contributed by atoms with van der Waals surface area (Å²) in [6, 6.07) is 5.18. The summed E-state index contributed by atoms with van der Waals surface area (Å²) in [6.07, 6.45) is 0.694. The molecule has 0 fully saturated rings. The molecule has 0 radical (unpaired) electrons.